The van der Waals surface area contributed by atoms with Crippen LogP contribution in [0.4, 0.5) is 0 Å². The van der Waals surface area contributed by atoms with E-state index in [2.05, 4.69) is 4.98 Å². The first-order valence-corrected chi connectivity index (χ1v) is 9.71. The second kappa shape index (κ2) is 6.18. The summed E-state index contributed by atoms with van der Waals surface area (Å²) in [5.41, 5.74) is 2.47. The smallest absolute Gasteiger partial charge is 0.335 e. The van der Waals surface area contributed by atoms with E-state index in [1.165, 1.54) is 23.7 Å². The maximum atomic E-state index is 11.5. The van der Waals surface area contributed by atoms with Gasteiger partial charge in [0.25, 0.3) is 0 Å². The molecule has 0 fully saturated rings. The number of sulfone groups is 1. The Hall–Kier alpha value is -2.51. The standard InChI is InChI=1S/C17H13NO4S2/c1-24(21,22)14-7-5-11(6-8-14)15-10-23-16(18-15)12-3-2-4-13(9-12)17(19)20/h2-10H,1H3,(H,19,20). The summed E-state index contributed by atoms with van der Waals surface area (Å²) in [5.74, 6) is -0.981. The van der Waals surface area contributed by atoms with Crippen LogP contribution in [0.3, 0.4) is 0 Å². The Morgan fingerprint density at radius 1 is 1.08 bits per heavy atom. The van der Waals surface area contributed by atoms with E-state index < -0.39 is 15.8 Å². The lowest BCUT2D eigenvalue weighted by molar-refractivity contribution is 0.0697. The summed E-state index contributed by atoms with van der Waals surface area (Å²) in [4.78, 5) is 15.8. The molecule has 0 saturated heterocycles. The third kappa shape index (κ3) is 3.37. The Kier molecular flexibility index (Phi) is 4.21. The van der Waals surface area contributed by atoms with Crippen LogP contribution in [0.1, 0.15) is 10.4 Å². The molecule has 0 aliphatic rings. The number of carboxylic acids is 1. The number of carboxylic acid groups (broad SMARTS) is 1. The molecule has 0 spiro atoms. The Bertz CT molecular complexity index is 1010. The summed E-state index contributed by atoms with van der Waals surface area (Å²) in [6.07, 6.45) is 1.17. The molecular weight excluding hydrogens is 346 g/mol. The van der Waals surface area contributed by atoms with Gasteiger partial charge in [-0.2, -0.15) is 0 Å². The Morgan fingerprint density at radius 2 is 1.79 bits per heavy atom. The van der Waals surface area contributed by atoms with E-state index in [9.17, 15) is 13.2 Å². The molecule has 24 heavy (non-hydrogen) atoms. The Morgan fingerprint density at radius 3 is 2.42 bits per heavy atom. The van der Waals surface area contributed by atoms with Gasteiger partial charge in [0.2, 0.25) is 0 Å². The van der Waals surface area contributed by atoms with Gasteiger partial charge < -0.3 is 5.11 Å². The first-order valence-electron chi connectivity index (χ1n) is 6.94. The summed E-state index contributed by atoms with van der Waals surface area (Å²) in [5, 5.41) is 11.6. The molecule has 5 nitrogen and oxygen atoms in total. The lowest BCUT2D eigenvalue weighted by Crippen LogP contribution is -1.96. The third-order valence-electron chi connectivity index (χ3n) is 3.44. The molecule has 0 saturated carbocycles. The van der Waals surface area contributed by atoms with Gasteiger partial charge in [-0.05, 0) is 24.3 Å². The molecule has 122 valence electrons. The number of thiazole rings is 1. The number of hydrogen-bond donors (Lipinski definition) is 1. The van der Waals surface area contributed by atoms with E-state index in [4.69, 9.17) is 5.11 Å². The highest BCUT2D eigenvalue weighted by Crippen LogP contribution is 2.29. The molecule has 3 rings (SSSR count). The van der Waals surface area contributed by atoms with Gasteiger partial charge in [-0.3, -0.25) is 0 Å². The lowest BCUT2D eigenvalue weighted by Gasteiger charge is -2.01. The van der Waals surface area contributed by atoms with E-state index in [0.29, 0.717) is 5.01 Å². The number of rotatable bonds is 4. The van der Waals surface area contributed by atoms with Gasteiger partial charge in [0, 0.05) is 22.8 Å². The maximum absolute atomic E-state index is 11.5. The van der Waals surface area contributed by atoms with Crippen LogP contribution in [0.2, 0.25) is 0 Å². The molecule has 0 aliphatic heterocycles. The highest BCUT2D eigenvalue weighted by Gasteiger charge is 2.11. The highest BCUT2D eigenvalue weighted by atomic mass is 32.2. The maximum Gasteiger partial charge on any atom is 0.335 e. The molecule has 0 atom stereocenters. The van der Waals surface area contributed by atoms with E-state index >= 15 is 0 Å². The minimum atomic E-state index is -3.23. The van der Waals surface area contributed by atoms with Crippen LogP contribution in [0.25, 0.3) is 21.8 Å². The molecule has 7 heteroatoms. The van der Waals surface area contributed by atoms with Gasteiger partial charge in [0.05, 0.1) is 16.2 Å². The van der Waals surface area contributed by atoms with Crippen LogP contribution >= 0.6 is 11.3 Å². The molecule has 1 aromatic heterocycles. The van der Waals surface area contributed by atoms with E-state index in [-0.39, 0.29) is 10.5 Å². The van der Waals surface area contributed by atoms with Crippen molar-refractivity contribution in [3.63, 3.8) is 0 Å². The second-order valence-corrected chi connectivity index (χ2v) is 8.09. The average molecular weight is 359 g/mol. The van der Waals surface area contributed by atoms with Crippen LogP contribution in [-0.4, -0.2) is 30.7 Å². The van der Waals surface area contributed by atoms with Crippen LogP contribution in [0, 0.1) is 0 Å². The monoisotopic (exact) mass is 359 g/mol. The van der Waals surface area contributed by atoms with Gasteiger partial charge in [-0.15, -0.1) is 11.3 Å². The summed E-state index contributed by atoms with van der Waals surface area (Å²) >= 11 is 1.41. The van der Waals surface area contributed by atoms with Gasteiger partial charge in [-0.1, -0.05) is 24.3 Å². The van der Waals surface area contributed by atoms with Gasteiger partial charge in [-0.25, -0.2) is 18.2 Å². The van der Waals surface area contributed by atoms with Crippen molar-refractivity contribution in [2.75, 3.05) is 6.26 Å². The van der Waals surface area contributed by atoms with Crippen LogP contribution < -0.4 is 0 Å². The Labute approximate surface area is 143 Å². The van der Waals surface area contributed by atoms with E-state index in [1.54, 1.807) is 36.4 Å². The van der Waals surface area contributed by atoms with Crippen molar-refractivity contribution in [3.05, 3.63) is 59.5 Å². The number of aromatic carboxylic acids is 1. The number of carbonyl (C=O) groups is 1. The minimum absolute atomic E-state index is 0.210. The lowest BCUT2D eigenvalue weighted by atomic mass is 10.1. The molecule has 3 aromatic rings. The predicted octanol–water partition coefficient (Wildman–Crippen LogP) is 3.58. The number of hydrogen-bond acceptors (Lipinski definition) is 5. The summed E-state index contributed by atoms with van der Waals surface area (Å²) in [7, 11) is -3.23. The van der Waals surface area contributed by atoms with Crippen molar-refractivity contribution >= 4 is 27.1 Å². The highest BCUT2D eigenvalue weighted by molar-refractivity contribution is 7.90. The first kappa shape index (κ1) is 16.4. The zero-order valence-corrected chi connectivity index (χ0v) is 14.3. The largest absolute Gasteiger partial charge is 0.478 e. The van der Waals surface area contributed by atoms with Crippen molar-refractivity contribution < 1.29 is 18.3 Å². The Balaban J connectivity index is 1.93. The summed E-state index contributed by atoms with van der Waals surface area (Å²) in [6.45, 7) is 0. The SMILES string of the molecule is CS(=O)(=O)c1ccc(-c2csc(-c3cccc(C(=O)O)c3)n2)cc1. The van der Waals surface area contributed by atoms with E-state index in [0.717, 1.165) is 16.8 Å². The molecule has 0 amide bonds. The summed E-state index contributed by atoms with van der Waals surface area (Å²) < 4.78 is 23.0. The van der Waals surface area contributed by atoms with Crippen LogP contribution in [-0.2, 0) is 9.84 Å². The third-order valence-corrected chi connectivity index (χ3v) is 5.46. The first-order chi connectivity index (χ1) is 11.3. The van der Waals surface area contributed by atoms with Crippen LogP contribution in [0.5, 0.6) is 0 Å². The van der Waals surface area contributed by atoms with Gasteiger partial charge in [0.1, 0.15) is 5.01 Å². The number of benzene rings is 2. The molecule has 0 bridgehead atoms. The quantitative estimate of drug-likeness (QED) is 0.770. The van der Waals surface area contributed by atoms with Crippen molar-refractivity contribution in [3.8, 4) is 21.8 Å². The van der Waals surface area contributed by atoms with Crippen molar-refractivity contribution in [2.45, 2.75) is 4.90 Å². The normalized spacial score (nSPS) is 11.4. The number of nitrogens with zero attached hydrogens (tertiary/aromatic N) is 1. The fourth-order valence-corrected chi connectivity index (χ4v) is 3.65. The topological polar surface area (TPSA) is 84.3 Å². The molecule has 0 radical (unpaired) electrons. The summed E-state index contributed by atoms with van der Waals surface area (Å²) in [6, 6.07) is 13.1. The molecule has 1 N–H and O–H groups in total. The van der Waals surface area contributed by atoms with Crippen LogP contribution in [0.15, 0.2) is 58.8 Å². The molecule has 2 aromatic carbocycles. The number of aromatic nitrogens is 1. The zero-order chi connectivity index (χ0) is 17.3. The molecule has 1 heterocycles. The van der Waals surface area contributed by atoms with E-state index in [1.807, 2.05) is 11.4 Å². The van der Waals surface area contributed by atoms with Gasteiger partial charge in [0.15, 0.2) is 9.84 Å². The average Bonchev–Trinajstić information content (AvgIpc) is 3.04. The van der Waals surface area contributed by atoms with Gasteiger partial charge >= 0.3 is 5.97 Å². The molecular formula is C17H13NO4S2. The molecule has 0 unspecified atom stereocenters. The fraction of sp³-hybridized carbons (Fsp3) is 0.0588. The fourth-order valence-electron chi connectivity index (χ4n) is 2.20. The predicted molar refractivity (Wildman–Crippen MR) is 93.1 cm³/mol. The second-order valence-electron chi connectivity index (χ2n) is 5.22. The van der Waals surface area contributed by atoms with Crippen molar-refractivity contribution in [1.82, 2.24) is 4.98 Å². The molecule has 0 aliphatic carbocycles. The zero-order valence-electron chi connectivity index (χ0n) is 12.6. The van der Waals surface area contributed by atoms with Crippen molar-refractivity contribution in [2.24, 2.45) is 0 Å². The minimum Gasteiger partial charge on any atom is -0.478 e. The van der Waals surface area contributed by atoms with Crippen molar-refractivity contribution in [1.29, 1.82) is 0 Å².